The fourth-order valence-corrected chi connectivity index (χ4v) is 1.54. The molecule has 0 radical (unpaired) electrons. The minimum atomic E-state index is 0.188. The first-order valence-corrected chi connectivity index (χ1v) is 3.56. The number of hydrogen-bond acceptors (Lipinski definition) is 1. The SMILES string of the molecule is NC(N)=NC1=CC2CC2C1. The van der Waals surface area contributed by atoms with Gasteiger partial charge in [0.15, 0.2) is 5.96 Å². The Morgan fingerprint density at radius 3 is 2.90 bits per heavy atom. The predicted octanol–water partition coefficient (Wildman–Crippen LogP) is 0.183. The monoisotopic (exact) mass is 137 g/mol. The van der Waals surface area contributed by atoms with E-state index >= 15 is 0 Å². The lowest BCUT2D eigenvalue weighted by atomic mass is 10.3. The van der Waals surface area contributed by atoms with Crippen LogP contribution in [-0.4, -0.2) is 5.96 Å². The number of allylic oxidation sites excluding steroid dienone is 2. The van der Waals surface area contributed by atoms with E-state index < -0.39 is 0 Å². The van der Waals surface area contributed by atoms with E-state index in [1.807, 2.05) is 0 Å². The van der Waals surface area contributed by atoms with Crippen molar-refractivity contribution in [3.8, 4) is 0 Å². The van der Waals surface area contributed by atoms with Crippen molar-refractivity contribution in [3.63, 3.8) is 0 Å². The molecule has 0 aliphatic heterocycles. The van der Waals surface area contributed by atoms with E-state index in [9.17, 15) is 0 Å². The number of nitrogens with two attached hydrogens (primary N) is 2. The molecule has 2 unspecified atom stereocenters. The van der Waals surface area contributed by atoms with Gasteiger partial charge in [-0.05, 0) is 24.7 Å². The summed E-state index contributed by atoms with van der Waals surface area (Å²) in [5, 5.41) is 0. The van der Waals surface area contributed by atoms with Gasteiger partial charge in [-0.2, -0.15) is 0 Å². The van der Waals surface area contributed by atoms with E-state index in [0.29, 0.717) is 0 Å². The second-order valence-electron chi connectivity index (χ2n) is 3.06. The highest BCUT2D eigenvalue weighted by atomic mass is 15.0. The lowest BCUT2D eigenvalue weighted by Gasteiger charge is -1.94. The van der Waals surface area contributed by atoms with Gasteiger partial charge in [-0.25, -0.2) is 4.99 Å². The highest BCUT2D eigenvalue weighted by Crippen LogP contribution is 2.50. The molecule has 10 heavy (non-hydrogen) atoms. The summed E-state index contributed by atoms with van der Waals surface area (Å²) in [5.74, 6) is 1.86. The highest BCUT2D eigenvalue weighted by Gasteiger charge is 2.40. The zero-order valence-corrected chi connectivity index (χ0v) is 5.75. The van der Waals surface area contributed by atoms with Gasteiger partial charge in [0.1, 0.15) is 0 Å². The number of hydrogen-bond donors (Lipinski definition) is 2. The third-order valence-electron chi connectivity index (χ3n) is 2.13. The summed E-state index contributed by atoms with van der Waals surface area (Å²) in [4.78, 5) is 3.99. The van der Waals surface area contributed by atoms with Gasteiger partial charge in [0, 0.05) is 5.70 Å². The zero-order valence-electron chi connectivity index (χ0n) is 5.75. The average Bonchev–Trinajstić information content (AvgIpc) is 2.39. The molecule has 1 saturated carbocycles. The molecule has 1 fully saturated rings. The van der Waals surface area contributed by atoms with Crippen LogP contribution in [0.3, 0.4) is 0 Å². The van der Waals surface area contributed by atoms with Crippen molar-refractivity contribution in [1.82, 2.24) is 0 Å². The van der Waals surface area contributed by atoms with Crippen molar-refractivity contribution in [1.29, 1.82) is 0 Å². The Bertz CT molecular complexity index is 213. The van der Waals surface area contributed by atoms with E-state index in [-0.39, 0.29) is 5.96 Å². The Morgan fingerprint density at radius 1 is 1.60 bits per heavy atom. The first-order valence-electron chi connectivity index (χ1n) is 3.56. The van der Waals surface area contributed by atoms with Crippen LogP contribution in [0.5, 0.6) is 0 Å². The number of rotatable bonds is 1. The molecule has 0 saturated heterocycles. The maximum absolute atomic E-state index is 5.22. The highest BCUT2D eigenvalue weighted by molar-refractivity contribution is 5.76. The van der Waals surface area contributed by atoms with E-state index in [1.165, 1.54) is 6.42 Å². The molecular formula is C7H11N3. The Balaban J connectivity index is 2.07. The zero-order chi connectivity index (χ0) is 7.14. The van der Waals surface area contributed by atoms with E-state index in [0.717, 1.165) is 24.0 Å². The number of fused-ring (bicyclic) bond motifs is 1. The average molecular weight is 137 g/mol. The fourth-order valence-electron chi connectivity index (χ4n) is 1.54. The maximum Gasteiger partial charge on any atom is 0.190 e. The van der Waals surface area contributed by atoms with Crippen LogP contribution >= 0.6 is 0 Å². The summed E-state index contributed by atoms with van der Waals surface area (Å²) in [6, 6.07) is 0. The van der Waals surface area contributed by atoms with Crippen LogP contribution in [0, 0.1) is 11.8 Å². The second kappa shape index (κ2) is 1.75. The van der Waals surface area contributed by atoms with Crippen LogP contribution in [0.25, 0.3) is 0 Å². The summed E-state index contributed by atoms with van der Waals surface area (Å²) < 4.78 is 0. The molecule has 2 aliphatic rings. The molecule has 0 aromatic heterocycles. The molecular weight excluding hydrogens is 126 g/mol. The molecule has 4 N–H and O–H groups in total. The standard InChI is InChI=1S/C7H11N3/c8-7(9)10-6-2-4-1-5(4)3-6/h2,4-5H,1,3H2,(H4,8,9,10). The summed E-state index contributed by atoms with van der Waals surface area (Å²) in [5.41, 5.74) is 11.5. The van der Waals surface area contributed by atoms with Crippen LogP contribution in [-0.2, 0) is 0 Å². The minimum Gasteiger partial charge on any atom is -0.370 e. The van der Waals surface area contributed by atoms with Gasteiger partial charge < -0.3 is 11.5 Å². The molecule has 3 nitrogen and oxygen atoms in total. The van der Waals surface area contributed by atoms with Gasteiger partial charge in [-0.3, -0.25) is 0 Å². The van der Waals surface area contributed by atoms with Crippen LogP contribution in [0.2, 0.25) is 0 Å². The summed E-state index contributed by atoms with van der Waals surface area (Å²) in [6.07, 6.45) is 4.62. The van der Waals surface area contributed by atoms with Crippen molar-refractivity contribution < 1.29 is 0 Å². The smallest absolute Gasteiger partial charge is 0.190 e. The van der Waals surface area contributed by atoms with Crippen molar-refractivity contribution in [2.75, 3.05) is 0 Å². The Morgan fingerprint density at radius 2 is 2.40 bits per heavy atom. The molecule has 0 aromatic carbocycles. The molecule has 54 valence electrons. The molecule has 2 rings (SSSR count). The van der Waals surface area contributed by atoms with E-state index in [1.54, 1.807) is 0 Å². The lowest BCUT2D eigenvalue weighted by molar-refractivity contribution is 0.822. The fraction of sp³-hybridized carbons (Fsp3) is 0.571. The van der Waals surface area contributed by atoms with Crippen LogP contribution in [0.1, 0.15) is 12.8 Å². The van der Waals surface area contributed by atoms with Crippen molar-refractivity contribution in [2.45, 2.75) is 12.8 Å². The van der Waals surface area contributed by atoms with Crippen LogP contribution in [0.15, 0.2) is 16.8 Å². The molecule has 0 amide bonds. The van der Waals surface area contributed by atoms with Gasteiger partial charge in [0.05, 0.1) is 0 Å². The van der Waals surface area contributed by atoms with Crippen molar-refractivity contribution in [2.24, 2.45) is 28.3 Å². The Labute approximate surface area is 59.8 Å². The second-order valence-corrected chi connectivity index (χ2v) is 3.06. The van der Waals surface area contributed by atoms with Gasteiger partial charge in [-0.15, -0.1) is 0 Å². The van der Waals surface area contributed by atoms with E-state index in [2.05, 4.69) is 11.1 Å². The van der Waals surface area contributed by atoms with Gasteiger partial charge >= 0.3 is 0 Å². The van der Waals surface area contributed by atoms with Gasteiger partial charge in [-0.1, -0.05) is 6.08 Å². The molecule has 2 aliphatic carbocycles. The lowest BCUT2D eigenvalue weighted by Crippen LogP contribution is -2.22. The maximum atomic E-state index is 5.22. The normalized spacial score (nSPS) is 34.6. The third-order valence-corrected chi connectivity index (χ3v) is 2.13. The van der Waals surface area contributed by atoms with Gasteiger partial charge in [0.2, 0.25) is 0 Å². The molecule has 0 heterocycles. The number of guanidine groups is 1. The summed E-state index contributed by atoms with van der Waals surface area (Å²) in [6.45, 7) is 0. The molecule has 0 aromatic rings. The first-order chi connectivity index (χ1) is 4.75. The van der Waals surface area contributed by atoms with Crippen LogP contribution < -0.4 is 11.5 Å². The number of nitrogens with zero attached hydrogens (tertiary/aromatic N) is 1. The number of aliphatic imine (C=N–C) groups is 1. The molecule has 2 atom stereocenters. The largest absolute Gasteiger partial charge is 0.370 e. The van der Waals surface area contributed by atoms with Gasteiger partial charge in [0.25, 0.3) is 0 Å². The van der Waals surface area contributed by atoms with Crippen molar-refractivity contribution >= 4 is 5.96 Å². The van der Waals surface area contributed by atoms with Crippen LogP contribution in [0.4, 0.5) is 0 Å². The topological polar surface area (TPSA) is 64.4 Å². The molecule has 0 bridgehead atoms. The minimum absolute atomic E-state index is 0.188. The quantitative estimate of drug-likeness (QED) is 0.400. The molecule has 0 spiro atoms. The van der Waals surface area contributed by atoms with Crippen molar-refractivity contribution in [3.05, 3.63) is 11.8 Å². The summed E-state index contributed by atoms with van der Waals surface area (Å²) >= 11 is 0. The first kappa shape index (κ1) is 5.77. The van der Waals surface area contributed by atoms with E-state index in [4.69, 9.17) is 11.5 Å². The molecule has 3 heteroatoms. The predicted molar refractivity (Wildman–Crippen MR) is 40.1 cm³/mol. The Hall–Kier alpha value is -0.990. The summed E-state index contributed by atoms with van der Waals surface area (Å²) in [7, 11) is 0. The Kier molecular flexibility index (Phi) is 1.01. The third kappa shape index (κ3) is 0.875.